The standard InChI is InChI=1S/C12H13ClN2O2/c13-10-1-2-12(9(5-10)8-16)15-3-4-17-11(6-14)7-15/h1-2,5,11,16H,3-4,7-8H2. The van der Waals surface area contributed by atoms with Gasteiger partial charge in [-0.2, -0.15) is 5.26 Å². The van der Waals surface area contributed by atoms with E-state index in [9.17, 15) is 5.11 Å². The molecule has 1 fully saturated rings. The molecule has 1 heterocycles. The van der Waals surface area contributed by atoms with Gasteiger partial charge in [0.15, 0.2) is 6.10 Å². The first-order valence-electron chi connectivity index (χ1n) is 5.40. The lowest BCUT2D eigenvalue weighted by Crippen LogP contribution is -2.42. The third kappa shape index (κ3) is 2.70. The maximum absolute atomic E-state index is 9.32. The van der Waals surface area contributed by atoms with Crippen LogP contribution in [-0.4, -0.2) is 30.9 Å². The Hall–Kier alpha value is -1.28. The number of halogens is 1. The minimum absolute atomic E-state index is 0.0650. The monoisotopic (exact) mass is 252 g/mol. The Morgan fingerprint density at radius 3 is 3.12 bits per heavy atom. The fourth-order valence-corrected chi connectivity index (χ4v) is 2.13. The van der Waals surface area contributed by atoms with Gasteiger partial charge in [0.25, 0.3) is 0 Å². The van der Waals surface area contributed by atoms with Crippen LogP contribution in [0.3, 0.4) is 0 Å². The van der Waals surface area contributed by atoms with Gasteiger partial charge in [0.1, 0.15) is 0 Å². The quantitative estimate of drug-likeness (QED) is 0.868. The molecule has 0 saturated carbocycles. The molecular weight excluding hydrogens is 240 g/mol. The van der Waals surface area contributed by atoms with Gasteiger partial charge in [-0.15, -0.1) is 0 Å². The Labute approximate surface area is 105 Å². The smallest absolute Gasteiger partial charge is 0.161 e. The van der Waals surface area contributed by atoms with E-state index in [1.54, 1.807) is 12.1 Å². The molecule has 1 N–H and O–H groups in total. The van der Waals surface area contributed by atoms with Crippen molar-refractivity contribution in [2.24, 2.45) is 0 Å². The van der Waals surface area contributed by atoms with E-state index in [2.05, 4.69) is 6.07 Å². The number of benzene rings is 1. The highest BCUT2D eigenvalue weighted by molar-refractivity contribution is 6.30. The topological polar surface area (TPSA) is 56.5 Å². The zero-order valence-electron chi connectivity index (χ0n) is 9.27. The molecular formula is C12H13ClN2O2. The summed E-state index contributed by atoms with van der Waals surface area (Å²) in [5.41, 5.74) is 1.69. The molecule has 1 saturated heterocycles. The van der Waals surface area contributed by atoms with Crippen LogP contribution in [0, 0.1) is 11.3 Å². The molecule has 1 aromatic carbocycles. The van der Waals surface area contributed by atoms with E-state index in [-0.39, 0.29) is 6.61 Å². The zero-order valence-corrected chi connectivity index (χ0v) is 10.0. The number of nitrogens with zero attached hydrogens (tertiary/aromatic N) is 2. The second-order valence-corrected chi connectivity index (χ2v) is 4.30. The van der Waals surface area contributed by atoms with Crippen LogP contribution in [0.15, 0.2) is 18.2 Å². The number of rotatable bonds is 2. The Morgan fingerprint density at radius 2 is 2.41 bits per heavy atom. The van der Waals surface area contributed by atoms with E-state index >= 15 is 0 Å². The summed E-state index contributed by atoms with van der Waals surface area (Å²) in [6, 6.07) is 7.50. The first-order valence-corrected chi connectivity index (χ1v) is 5.78. The van der Waals surface area contributed by atoms with E-state index in [1.807, 2.05) is 11.0 Å². The normalized spacial score (nSPS) is 20.1. The van der Waals surface area contributed by atoms with Gasteiger partial charge in [0.2, 0.25) is 0 Å². The summed E-state index contributed by atoms with van der Waals surface area (Å²) < 4.78 is 5.28. The lowest BCUT2D eigenvalue weighted by Gasteiger charge is -2.32. The lowest BCUT2D eigenvalue weighted by atomic mass is 10.1. The Bertz CT molecular complexity index is 445. The first-order chi connectivity index (χ1) is 8.24. The molecule has 1 atom stereocenters. The van der Waals surface area contributed by atoms with Crippen LogP contribution in [0.1, 0.15) is 5.56 Å². The number of hydrogen-bond donors (Lipinski definition) is 1. The largest absolute Gasteiger partial charge is 0.392 e. The number of aliphatic hydroxyl groups excluding tert-OH is 1. The van der Waals surface area contributed by atoms with Crippen LogP contribution in [0.4, 0.5) is 5.69 Å². The van der Waals surface area contributed by atoms with E-state index < -0.39 is 6.10 Å². The van der Waals surface area contributed by atoms with E-state index in [0.29, 0.717) is 24.7 Å². The van der Waals surface area contributed by atoms with Crippen molar-refractivity contribution in [1.82, 2.24) is 0 Å². The van der Waals surface area contributed by atoms with Gasteiger partial charge in [0, 0.05) is 22.8 Å². The first kappa shape index (κ1) is 12.2. The second-order valence-electron chi connectivity index (χ2n) is 3.87. The summed E-state index contributed by atoms with van der Waals surface area (Å²) in [5.74, 6) is 0. The molecule has 1 aromatic rings. The van der Waals surface area contributed by atoms with Crippen molar-refractivity contribution in [2.45, 2.75) is 12.7 Å². The van der Waals surface area contributed by atoms with Crippen molar-refractivity contribution in [3.8, 4) is 6.07 Å². The van der Waals surface area contributed by atoms with E-state index in [0.717, 1.165) is 11.3 Å². The fraction of sp³-hybridized carbons (Fsp3) is 0.417. The SMILES string of the molecule is N#CC1CN(c2ccc(Cl)cc2CO)CCO1. The molecule has 0 bridgehead atoms. The summed E-state index contributed by atoms with van der Waals surface area (Å²) in [4.78, 5) is 2.04. The molecule has 0 amide bonds. The highest BCUT2D eigenvalue weighted by Crippen LogP contribution is 2.26. The van der Waals surface area contributed by atoms with Crippen LogP contribution < -0.4 is 4.90 Å². The number of aliphatic hydroxyl groups is 1. The molecule has 90 valence electrons. The van der Waals surface area contributed by atoms with Gasteiger partial charge in [0.05, 0.1) is 25.8 Å². The summed E-state index contributed by atoms with van der Waals surface area (Å²) in [5, 5.41) is 18.8. The van der Waals surface area contributed by atoms with Gasteiger partial charge in [-0.1, -0.05) is 11.6 Å². The number of hydrogen-bond acceptors (Lipinski definition) is 4. The van der Waals surface area contributed by atoms with Crippen molar-refractivity contribution in [1.29, 1.82) is 5.26 Å². The van der Waals surface area contributed by atoms with Crippen molar-refractivity contribution in [2.75, 3.05) is 24.6 Å². The summed E-state index contributed by atoms with van der Waals surface area (Å²) in [6.45, 7) is 1.69. The maximum atomic E-state index is 9.32. The predicted octanol–water partition coefficient (Wildman–Crippen LogP) is 1.56. The highest BCUT2D eigenvalue weighted by atomic mass is 35.5. The summed E-state index contributed by atoms with van der Waals surface area (Å²) in [7, 11) is 0. The van der Waals surface area contributed by atoms with Crippen LogP contribution in [0.2, 0.25) is 5.02 Å². The van der Waals surface area contributed by atoms with Crippen LogP contribution in [0.5, 0.6) is 0 Å². The van der Waals surface area contributed by atoms with Crippen molar-refractivity contribution < 1.29 is 9.84 Å². The molecule has 0 aromatic heterocycles. The number of nitriles is 1. The number of morpholine rings is 1. The van der Waals surface area contributed by atoms with Crippen LogP contribution >= 0.6 is 11.6 Å². The third-order valence-corrected chi connectivity index (χ3v) is 3.00. The minimum atomic E-state index is -0.411. The van der Waals surface area contributed by atoms with Crippen LogP contribution in [-0.2, 0) is 11.3 Å². The van der Waals surface area contributed by atoms with Crippen molar-refractivity contribution in [3.05, 3.63) is 28.8 Å². The van der Waals surface area contributed by atoms with Gasteiger partial charge in [-0.3, -0.25) is 0 Å². The molecule has 17 heavy (non-hydrogen) atoms. The number of ether oxygens (including phenoxy) is 1. The Balaban J connectivity index is 2.24. The van der Waals surface area contributed by atoms with Gasteiger partial charge < -0.3 is 14.7 Å². The minimum Gasteiger partial charge on any atom is -0.392 e. The van der Waals surface area contributed by atoms with Crippen LogP contribution in [0.25, 0.3) is 0 Å². The predicted molar refractivity (Wildman–Crippen MR) is 64.9 cm³/mol. The molecule has 0 radical (unpaired) electrons. The number of anilines is 1. The Morgan fingerprint density at radius 1 is 1.59 bits per heavy atom. The van der Waals surface area contributed by atoms with Crippen molar-refractivity contribution >= 4 is 17.3 Å². The molecule has 4 nitrogen and oxygen atoms in total. The highest BCUT2D eigenvalue weighted by Gasteiger charge is 2.21. The molecule has 2 rings (SSSR count). The Kier molecular flexibility index (Phi) is 3.85. The lowest BCUT2D eigenvalue weighted by molar-refractivity contribution is 0.0763. The molecule has 0 aliphatic carbocycles. The molecule has 1 aliphatic heterocycles. The second kappa shape index (κ2) is 5.37. The van der Waals surface area contributed by atoms with E-state index in [4.69, 9.17) is 21.6 Å². The maximum Gasteiger partial charge on any atom is 0.161 e. The third-order valence-electron chi connectivity index (χ3n) is 2.76. The summed E-state index contributed by atoms with van der Waals surface area (Å²) in [6.07, 6.45) is -0.411. The average molecular weight is 253 g/mol. The average Bonchev–Trinajstić information content (AvgIpc) is 2.38. The summed E-state index contributed by atoms with van der Waals surface area (Å²) >= 11 is 5.88. The van der Waals surface area contributed by atoms with Crippen molar-refractivity contribution in [3.63, 3.8) is 0 Å². The van der Waals surface area contributed by atoms with Gasteiger partial charge >= 0.3 is 0 Å². The molecule has 1 aliphatic rings. The molecule has 0 spiro atoms. The van der Waals surface area contributed by atoms with Gasteiger partial charge in [-0.25, -0.2) is 0 Å². The fourth-order valence-electron chi connectivity index (χ4n) is 1.94. The van der Waals surface area contributed by atoms with Gasteiger partial charge in [-0.05, 0) is 18.2 Å². The zero-order chi connectivity index (χ0) is 12.3. The molecule has 5 heteroatoms. The molecule has 1 unspecified atom stereocenters. The van der Waals surface area contributed by atoms with E-state index in [1.165, 1.54) is 0 Å².